The molecule has 0 amide bonds. The third-order valence-corrected chi connectivity index (χ3v) is 7.42. The molecular weight excluding hydrogens is 407 g/mol. The average Bonchev–Trinajstić information content (AvgIpc) is 3.15. The van der Waals surface area contributed by atoms with E-state index in [2.05, 4.69) is 5.32 Å². The zero-order valence-corrected chi connectivity index (χ0v) is 17.0. The van der Waals surface area contributed by atoms with Crippen LogP contribution >= 0.6 is 0 Å². The molecule has 0 saturated carbocycles. The highest BCUT2D eigenvalue weighted by Crippen LogP contribution is 2.52. The first kappa shape index (κ1) is 21.0. The van der Waals surface area contributed by atoms with Gasteiger partial charge in [-0.15, -0.1) is 0 Å². The summed E-state index contributed by atoms with van der Waals surface area (Å²) in [5, 5.41) is 1.83. The Kier molecular flexibility index (Phi) is 5.91. The molecule has 1 saturated heterocycles. The second-order valence-corrected chi connectivity index (χ2v) is 9.12. The average molecular weight is 430 g/mol. The Hall–Kier alpha value is -2.28. The molecule has 4 rings (SSSR count). The zero-order valence-electron chi connectivity index (χ0n) is 16.2. The van der Waals surface area contributed by atoms with Crippen molar-refractivity contribution in [2.24, 2.45) is 0 Å². The second-order valence-electron chi connectivity index (χ2n) is 7.58. The lowest BCUT2D eigenvalue weighted by molar-refractivity contribution is -0.188. The predicted molar refractivity (Wildman–Crippen MR) is 113 cm³/mol. The van der Waals surface area contributed by atoms with Gasteiger partial charge in [0.2, 0.25) is 0 Å². The molecule has 3 aromatic carbocycles. The van der Waals surface area contributed by atoms with Gasteiger partial charge in [0, 0.05) is 17.2 Å². The number of hydrogen-bond acceptors (Lipinski definition) is 2. The Morgan fingerprint density at radius 1 is 0.867 bits per heavy atom. The molecule has 1 heterocycles. The van der Waals surface area contributed by atoms with Crippen molar-refractivity contribution in [1.82, 2.24) is 5.32 Å². The van der Waals surface area contributed by atoms with E-state index in [1.165, 1.54) is 12.1 Å². The van der Waals surface area contributed by atoms with Crippen molar-refractivity contribution >= 4 is 11.2 Å². The van der Waals surface area contributed by atoms with Crippen molar-refractivity contribution in [3.8, 4) is 0 Å². The van der Waals surface area contributed by atoms with Gasteiger partial charge in [-0.2, -0.15) is 13.2 Å². The first-order valence-corrected chi connectivity index (χ1v) is 11.0. The molecule has 30 heavy (non-hydrogen) atoms. The Balaban J connectivity index is 1.78. The first-order valence-electron chi connectivity index (χ1n) is 9.80. The van der Waals surface area contributed by atoms with Crippen molar-refractivity contribution in [3.05, 3.63) is 102 Å². The lowest BCUT2D eigenvalue weighted by Crippen LogP contribution is -2.54. The van der Waals surface area contributed by atoms with E-state index in [-0.39, 0.29) is 12.0 Å². The molecule has 4 unspecified atom stereocenters. The van der Waals surface area contributed by atoms with Gasteiger partial charge in [0.1, 0.15) is 0 Å². The van der Waals surface area contributed by atoms with Crippen LogP contribution in [-0.2, 0) is 23.0 Å². The summed E-state index contributed by atoms with van der Waals surface area (Å²) in [5.41, 5.74) is -1.14. The zero-order chi connectivity index (χ0) is 21.2. The number of alkyl halides is 3. The predicted octanol–water partition coefficient (Wildman–Crippen LogP) is 5.23. The van der Waals surface area contributed by atoms with Crippen LogP contribution in [0.3, 0.4) is 0 Å². The molecule has 6 heteroatoms. The molecule has 0 aromatic heterocycles. The first-order chi connectivity index (χ1) is 14.4. The Labute approximate surface area is 177 Å². The molecule has 1 aliphatic rings. The van der Waals surface area contributed by atoms with E-state index < -0.39 is 34.2 Å². The third-order valence-electron chi connectivity index (χ3n) is 5.71. The maximum Gasteiger partial charge on any atom is 0.404 e. The van der Waals surface area contributed by atoms with E-state index in [4.69, 9.17) is 0 Å². The van der Waals surface area contributed by atoms with E-state index in [1.54, 1.807) is 48.5 Å². The molecule has 4 atom stereocenters. The Morgan fingerprint density at radius 2 is 1.40 bits per heavy atom. The summed E-state index contributed by atoms with van der Waals surface area (Å²) < 4.78 is 57.7. The molecule has 0 spiro atoms. The molecule has 1 aliphatic heterocycles. The maximum atomic E-state index is 14.8. The van der Waals surface area contributed by atoms with Gasteiger partial charge in [0.15, 0.2) is 15.7 Å². The molecule has 156 valence electrons. The number of nitrogens with one attached hydrogen (secondary N) is 1. The second kappa shape index (κ2) is 8.46. The summed E-state index contributed by atoms with van der Waals surface area (Å²) in [6, 6.07) is 25.3. The van der Waals surface area contributed by atoms with Crippen molar-refractivity contribution in [2.45, 2.75) is 40.7 Å². The lowest BCUT2D eigenvalue weighted by atomic mass is 9.77. The molecule has 1 fully saturated rings. The summed E-state index contributed by atoms with van der Waals surface area (Å²) >= 11 is -1.88. The SMILES string of the molecule is [O-][S+](c1ccccc1)C1NC(Cc2ccccc2)CC1(c1ccccc1)C(F)(F)F. The van der Waals surface area contributed by atoms with Crippen LogP contribution in [0.25, 0.3) is 0 Å². The van der Waals surface area contributed by atoms with Gasteiger partial charge in [-0.1, -0.05) is 78.9 Å². The fraction of sp³-hybridized carbons (Fsp3) is 0.250. The molecule has 1 N–H and O–H groups in total. The van der Waals surface area contributed by atoms with Crippen molar-refractivity contribution in [1.29, 1.82) is 0 Å². The van der Waals surface area contributed by atoms with Gasteiger partial charge in [-0.05, 0) is 36.1 Å². The number of hydrogen-bond donors (Lipinski definition) is 1. The van der Waals surface area contributed by atoms with E-state index in [0.29, 0.717) is 11.3 Å². The highest BCUT2D eigenvalue weighted by Gasteiger charge is 2.68. The van der Waals surface area contributed by atoms with Crippen LogP contribution in [0.15, 0.2) is 95.9 Å². The van der Waals surface area contributed by atoms with Crippen molar-refractivity contribution in [2.75, 3.05) is 0 Å². The van der Waals surface area contributed by atoms with Crippen LogP contribution in [0, 0.1) is 0 Å². The largest absolute Gasteiger partial charge is 0.610 e. The smallest absolute Gasteiger partial charge is 0.404 e. The number of halogens is 3. The molecule has 3 aromatic rings. The van der Waals surface area contributed by atoms with Gasteiger partial charge >= 0.3 is 6.18 Å². The number of benzene rings is 3. The van der Waals surface area contributed by atoms with Crippen LogP contribution in [0.5, 0.6) is 0 Å². The van der Waals surface area contributed by atoms with E-state index in [1.807, 2.05) is 30.3 Å². The highest BCUT2D eigenvalue weighted by atomic mass is 32.2. The standard InChI is InChI=1S/C24H22F3NOS/c25-24(26,27)23(19-12-6-2-7-13-19)17-20(16-18-10-4-1-5-11-18)28-22(23)30(29)21-14-8-3-9-15-21/h1-15,20,22,28H,16-17H2. The van der Waals surface area contributed by atoms with Crippen LogP contribution in [-0.4, -0.2) is 22.1 Å². The van der Waals surface area contributed by atoms with Crippen molar-refractivity contribution in [3.63, 3.8) is 0 Å². The van der Waals surface area contributed by atoms with Crippen LogP contribution < -0.4 is 5.32 Å². The monoisotopic (exact) mass is 429 g/mol. The van der Waals surface area contributed by atoms with E-state index in [9.17, 15) is 17.7 Å². The van der Waals surface area contributed by atoms with Gasteiger partial charge < -0.3 is 4.55 Å². The minimum atomic E-state index is -4.57. The molecule has 0 aliphatic carbocycles. The maximum absolute atomic E-state index is 14.8. The summed E-state index contributed by atoms with van der Waals surface area (Å²) in [4.78, 5) is 0.389. The topological polar surface area (TPSA) is 35.1 Å². The fourth-order valence-electron chi connectivity index (χ4n) is 4.31. The normalized spacial score (nSPS) is 25.2. The molecule has 2 nitrogen and oxygen atoms in total. The summed E-state index contributed by atoms with van der Waals surface area (Å²) in [6.45, 7) is 0. The quantitative estimate of drug-likeness (QED) is 0.564. The minimum absolute atomic E-state index is 0.148. The van der Waals surface area contributed by atoms with Gasteiger partial charge in [-0.3, -0.25) is 5.32 Å². The van der Waals surface area contributed by atoms with Gasteiger partial charge in [0.05, 0.1) is 0 Å². The third kappa shape index (κ3) is 3.87. The Morgan fingerprint density at radius 3 is 1.97 bits per heavy atom. The Bertz CT molecular complexity index is 952. The van der Waals surface area contributed by atoms with Crippen molar-refractivity contribution < 1.29 is 17.7 Å². The van der Waals surface area contributed by atoms with Crippen LogP contribution in [0.1, 0.15) is 17.5 Å². The molecular formula is C24H22F3NOS. The molecule has 0 radical (unpaired) electrons. The lowest BCUT2D eigenvalue weighted by Gasteiger charge is -2.37. The summed E-state index contributed by atoms with van der Waals surface area (Å²) in [6.07, 6.45) is -4.30. The van der Waals surface area contributed by atoms with Gasteiger partial charge in [-0.25, -0.2) is 0 Å². The van der Waals surface area contributed by atoms with E-state index >= 15 is 0 Å². The van der Waals surface area contributed by atoms with Crippen LogP contribution in [0.2, 0.25) is 0 Å². The number of rotatable bonds is 5. The molecule has 0 bridgehead atoms. The fourth-order valence-corrected chi connectivity index (χ4v) is 6.05. The van der Waals surface area contributed by atoms with Crippen LogP contribution in [0.4, 0.5) is 13.2 Å². The minimum Gasteiger partial charge on any atom is -0.610 e. The highest BCUT2D eigenvalue weighted by molar-refractivity contribution is 7.92. The summed E-state index contributed by atoms with van der Waals surface area (Å²) in [5.74, 6) is 0. The van der Waals surface area contributed by atoms with Gasteiger partial charge in [0.25, 0.3) is 0 Å². The summed E-state index contributed by atoms with van der Waals surface area (Å²) in [7, 11) is 0. The van der Waals surface area contributed by atoms with E-state index in [0.717, 1.165) is 5.56 Å².